The van der Waals surface area contributed by atoms with E-state index in [-0.39, 0.29) is 31.6 Å². The van der Waals surface area contributed by atoms with Crippen molar-refractivity contribution in [3.8, 4) is 0 Å². The predicted octanol–water partition coefficient (Wildman–Crippen LogP) is -9.21. The average molecular weight is 1040 g/mol. The number of hydrogen-bond donors (Lipinski definition) is 16. The number of carbonyl (C=O) groups is 14. The fourth-order valence-electron chi connectivity index (χ4n) is 6.23. The molecule has 0 radical (unpaired) electrons. The van der Waals surface area contributed by atoms with Crippen molar-refractivity contribution in [1.29, 1.82) is 0 Å². The Bertz CT molecular complexity index is 2050. The molecule has 0 saturated heterocycles. The van der Waals surface area contributed by atoms with Crippen LogP contribution in [-0.4, -0.2) is 181 Å². The van der Waals surface area contributed by atoms with E-state index in [1.54, 1.807) is 30.3 Å². The molecule has 30 heteroatoms. The Morgan fingerprint density at radius 3 is 1.26 bits per heavy atom. The van der Waals surface area contributed by atoms with E-state index in [1.807, 2.05) is 0 Å². The Hall–Kier alpha value is -7.32. The van der Waals surface area contributed by atoms with Crippen LogP contribution in [0.25, 0.3) is 0 Å². The zero-order valence-corrected chi connectivity index (χ0v) is 40.4. The molecule has 8 amide bonds. The molecule has 0 aliphatic carbocycles. The lowest BCUT2D eigenvalue weighted by Crippen LogP contribution is -2.70. The van der Waals surface area contributed by atoms with Gasteiger partial charge in [0.15, 0.2) is 30.8 Å². The minimum Gasteiger partial charge on any atom is -0.394 e. The maximum absolute atomic E-state index is 14.3. The summed E-state index contributed by atoms with van der Waals surface area (Å²) in [5.41, 5.74) is 11.3. The van der Waals surface area contributed by atoms with E-state index in [0.29, 0.717) is 12.6 Å². The van der Waals surface area contributed by atoms with E-state index in [1.165, 1.54) is 20.8 Å². The second kappa shape index (κ2) is 34.1. The van der Waals surface area contributed by atoms with Crippen LogP contribution in [0.1, 0.15) is 58.9 Å². The number of nitrogens with one attached hydrogen (secondary N) is 12. The summed E-state index contributed by atoms with van der Waals surface area (Å²) < 4.78 is 0. The van der Waals surface area contributed by atoms with Crippen molar-refractivity contribution in [3.05, 3.63) is 35.9 Å². The molecule has 404 valence electrons. The number of aliphatic hydroxyl groups is 2. The van der Waals surface area contributed by atoms with E-state index in [4.69, 9.17) is 11.5 Å². The summed E-state index contributed by atoms with van der Waals surface area (Å²) in [7, 11) is 0. The van der Waals surface area contributed by atoms with Gasteiger partial charge in [-0.05, 0) is 45.6 Å². The maximum Gasteiger partial charge on any atom is 0.259 e. The van der Waals surface area contributed by atoms with Gasteiger partial charge in [0.1, 0.15) is 37.7 Å². The summed E-state index contributed by atoms with van der Waals surface area (Å²) in [4.78, 5) is 177. The lowest BCUT2D eigenvalue weighted by Gasteiger charge is -2.31. The number of nitrogens with two attached hydrogens (primary N) is 2. The van der Waals surface area contributed by atoms with Gasteiger partial charge in [-0.2, -0.15) is 0 Å². The van der Waals surface area contributed by atoms with Crippen LogP contribution in [0, 0.1) is 0 Å². The van der Waals surface area contributed by atoms with Gasteiger partial charge in [0, 0.05) is 19.8 Å². The van der Waals surface area contributed by atoms with Crippen molar-refractivity contribution in [2.24, 2.45) is 11.5 Å². The van der Waals surface area contributed by atoms with Crippen LogP contribution >= 0.6 is 0 Å². The quantitative estimate of drug-likeness (QED) is 0.0215. The Morgan fingerprint density at radius 1 is 0.507 bits per heavy atom. The molecule has 0 spiro atoms. The van der Waals surface area contributed by atoms with E-state index in [9.17, 15) is 77.3 Å². The molecule has 0 aliphatic rings. The molecular formula is C43H66N14O16. The molecule has 13 atom stereocenters. The molecule has 1 aromatic rings. The molecular weight excluding hydrogens is 969 g/mol. The first-order chi connectivity index (χ1) is 34.5. The fourth-order valence-corrected chi connectivity index (χ4v) is 6.23. The monoisotopic (exact) mass is 1030 g/mol. The number of carbonyl (C=O) groups excluding carboxylic acids is 14. The highest BCUT2D eigenvalue weighted by Gasteiger charge is 2.36. The van der Waals surface area contributed by atoms with Gasteiger partial charge in [0.25, 0.3) is 29.5 Å². The molecule has 0 aliphatic heterocycles. The zero-order chi connectivity index (χ0) is 55.2. The van der Waals surface area contributed by atoms with E-state index in [2.05, 4.69) is 63.8 Å². The summed E-state index contributed by atoms with van der Waals surface area (Å²) >= 11 is 0. The molecule has 30 nitrogen and oxygen atoms in total. The number of amides is 8. The SMILES string of the molecule is CC(=O)N[C@@H](N[C@@H](C)C=O)C(=O)N[C@@H](N[C@@H](C=O)CO)C(=O)N[C@@H](N[C@@H](C=O)CCC(N)=O)C(=O)N[C@@H](N[C@@H](C=O)CCC(N)=O)C(=O)N[C@@H](N[C@@H](C=O)[C@H](C)O)C(=O)N[C@H](C)N[C@@H](C=O)Cc1ccccc1. The third kappa shape index (κ3) is 25.1. The Kier molecular flexibility index (Phi) is 29.8. The topological polar surface area (TPSA) is 476 Å². The molecule has 0 saturated carbocycles. The highest BCUT2D eigenvalue weighted by atomic mass is 16.3. The van der Waals surface area contributed by atoms with E-state index >= 15 is 0 Å². The van der Waals surface area contributed by atoms with Crippen LogP contribution in [0.3, 0.4) is 0 Å². The van der Waals surface area contributed by atoms with Gasteiger partial charge < -0.3 is 82.3 Å². The van der Waals surface area contributed by atoms with Crippen LogP contribution in [0.15, 0.2) is 30.3 Å². The predicted molar refractivity (Wildman–Crippen MR) is 252 cm³/mol. The normalized spacial score (nSPS) is 16.4. The minimum absolute atomic E-state index is 0.127. The first kappa shape index (κ1) is 63.7. The molecule has 18 N–H and O–H groups in total. The van der Waals surface area contributed by atoms with Gasteiger partial charge in [-0.25, -0.2) is 0 Å². The van der Waals surface area contributed by atoms with Gasteiger partial charge >= 0.3 is 0 Å². The maximum atomic E-state index is 14.3. The molecule has 0 bridgehead atoms. The first-order valence-electron chi connectivity index (χ1n) is 22.5. The third-order valence-corrected chi connectivity index (χ3v) is 9.98. The molecule has 0 fully saturated rings. The van der Waals surface area contributed by atoms with Gasteiger partial charge in [0.05, 0.1) is 55.1 Å². The fraction of sp³-hybridized carbons (Fsp3) is 0.535. The van der Waals surface area contributed by atoms with Crippen LogP contribution in [-0.2, 0) is 73.5 Å². The Morgan fingerprint density at radius 2 is 0.904 bits per heavy atom. The van der Waals surface area contributed by atoms with E-state index in [0.717, 1.165) is 12.5 Å². The second-order valence-electron chi connectivity index (χ2n) is 16.3. The number of hydrogen-bond acceptors (Lipinski definition) is 22. The molecule has 1 aromatic carbocycles. The minimum atomic E-state index is -2.22. The Balaban J connectivity index is 3.84. The van der Waals surface area contributed by atoms with Crippen LogP contribution in [0.5, 0.6) is 0 Å². The Labute approximate surface area is 418 Å². The van der Waals surface area contributed by atoms with Crippen molar-refractivity contribution in [2.45, 2.75) is 139 Å². The number of rotatable bonds is 39. The molecule has 0 heterocycles. The standard InChI is InChI=1S/C43H66N14O16/c1-22(15-58)46-34(49-25(4)66)40(70)56-37(52-30(19-62)20-63)43(73)55-35(50-27(16-59)10-12-32(44)67)41(71)54-36(51-28(17-60)11-13-33(45)68)42(72)57-38(53-31(21-64)23(2)65)39(69)48-24(3)47-29(18-61)14-26-8-6-5-7-9-26/h5-9,15-19,21-24,27-31,34-38,46-47,50-53,63,65H,10-14,20H2,1-4H3,(H2,44,67)(H2,45,68)(H,48,69)(H,49,66)(H,54,71)(H,55,73)(H,56,70)(H,57,72)/t22-,23-,24+,27+,28+,29+,30-,31-,34+,35+,36+,37+,38+/m0/s1. The van der Waals surface area contributed by atoms with Gasteiger partial charge in [-0.3, -0.25) is 70.3 Å². The molecule has 73 heavy (non-hydrogen) atoms. The molecule has 1 rings (SSSR count). The lowest BCUT2D eigenvalue weighted by atomic mass is 10.1. The summed E-state index contributed by atoms with van der Waals surface area (Å²) in [5.74, 6) is -9.21. The first-order valence-corrected chi connectivity index (χ1v) is 22.5. The van der Waals surface area contributed by atoms with Crippen LogP contribution < -0.4 is 75.3 Å². The zero-order valence-electron chi connectivity index (χ0n) is 40.4. The number of aldehydes is 6. The third-order valence-electron chi connectivity index (χ3n) is 9.98. The summed E-state index contributed by atoms with van der Waals surface area (Å²) in [6, 6.07) is 0.728. The summed E-state index contributed by atoms with van der Waals surface area (Å²) in [5, 5.41) is 48.4. The largest absolute Gasteiger partial charge is 0.394 e. The van der Waals surface area contributed by atoms with Crippen molar-refractivity contribution < 1.29 is 77.3 Å². The number of primary amides is 2. The van der Waals surface area contributed by atoms with Gasteiger partial charge in [-0.15, -0.1) is 0 Å². The number of benzene rings is 1. The number of aliphatic hydroxyl groups excluding tert-OH is 2. The molecule has 0 unspecified atom stereocenters. The summed E-state index contributed by atoms with van der Waals surface area (Å²) in [6.45, 7) is 3.95. The molecule has 0 aromatic heterocycles. The van der Waals surface area contributed by atoms with Crippen molar-refractivity contribution in [1.82, 2.24) is 63.8 Å². The van der Waals surface area contributed by atoms with Gasteiger partial charge in [0.2, 0.25) is 17.7 Å². The summed E-state index contributed by atoms with van der Waals surface area (Å²) in [6.07, 6.45) is -12.6. The lowest BCUT2D eigenvalue weighted by molar-refractivity contribution is -0.137. The van der Waals surface area contributed by atoms with Crippen LogP contribution in [0.4, 0.5) is 0 Å². The average Bonchev–Trinajstić information content (AvgIpc) is 3.34. The van der Waals surface area contributed by atoms with Gasteiger partial charge in [-0.1, -0.05) is 30.3 Å². The highest BCUT2D eigenvalue weighted by molar-refractivity contribution is 5.96. The van der Waals surface area contributed by atoms with Crippen molar-refractivity contribution in [3.63, 3.8) is 0 Å². The smallest absolute Gasteiger partial charge is 0.259 e. The van der Waals surface area contributed by atoms with Crippen molar-refractivity contribution >= 4 is 85.0 Å². The highest BCUT2D eigenvalue weighted by Crippen LogP contribution is 2.04. The van der Waals surface area contributed by atoms with E-state index < -0.39 is 159 Å². The van der Waals surface area contributed by atoms with Crippen molar-refractivity contribution in [2.75, 3.05) is 6.61 Å². The second-order valence-corrected chi connectivity index (χ2v) is 16.3. The van der Waals surface area contributed by atoms with Crippen LogP contribution in [0.2, 0.25) is 0 Å².